The van der Waals surface area contributed by atoms with Crippen LogP contribution >= 0.6 is 11.3 Å². The van der Waals surface area contributed by atoms with Gasteiger partial charge in [-0.1, -0.05) is 12.1 Å². The van der Waals surface area contributed by atoms with Crippen LogP contribution in [-0.4, -0.2) is 35.0 Å². The van der Waals surface area contributed by atoms with Crippen molar-refractivity contribution in [1.29, 1.82) is 0 Å². The van der Waals surface area contributed by atoms with Crippen molar-refractivity contribution >= 4 is 32.9 Å². The van der Waals surface area contributed by atoms with Crippen LogP contribution in [0.5, 0.6) is 0 Å². The number of aromatic nitrogens is 3. The minimum Gasteiger partial charge on any atom is -0.345 e. The van der Waals surface area contributed by atoms with E-state index in [0.717, 1.165) is 11.3 Å². The zero-order chi connectivity index (χ0) is 18.0. The van der Waals surface area contributed by atoms with Gasteiger partial charge >= 0.3 is 0 Å². The largest absolute Gasteiger partial charge is 0.345 e. The van der Waals surface area contributed by atoms with E-state index in [4.69, 9.17) is 0 Å². The quantitative estimate of drug-likeness (QED) is 0.672. The average Bonchev–Trinajstić information content (AvgIpc) is 3.24. The van der Waals surface area contributed by atoms with Gasteiger partial charge in [-0.3, -0.25) is 9.20 Å². The molecule has 0 bridgehead atoms. The van der Waals surface area contributed by atoms with Crippen molar-refractivity contribution in [3.63, 3.8) is 0 Å². The lowest BCUT2D eigenvalue weighted by molar-refractivity contribution is -0.123. The molecule has 132 valence electrons. The molecule has 3 aromatic rings. The molecular weight excluding hydrogens is 362 g/mol. The molecule has 0 aliphatic heterocycles. The highest BCUT2D eigenvalue weighted by Crippen LogP contribution is 2.16. The number of hydrogen-bond donors (Lipinski definition) is 2. The molecule has 0 fully saturated rings. The Morgan fingerprint density at radius 3 is 2.72 bits per heavy atom. The number of amides is 1. The molecule has 0 saturated heterocycles. The van der Waals surface area contributed by atoms with Crippen molar-refractivity contribution in [2.45, 2.75) is 30.1 Å². The van der Waals surface area contributed by atoms with Crippen LogP contribution in [0.2, 0.25) is 0 Å². The number of rotatable bonds is 6. The number of pyridine rings is 1. The van der Waals surface area contributed by atoms with Crippen LogP contribution in [0.3, 0.4) is 0 Å². The second-order valence-electron chi connectivity index (χ2n) is 5.49. The van der Waals surface area contributed by atoms with Gasteiger partial charge in [0.05, 0.1) is 12.1 Å². The predicted molar refractivity (Wildman–Crippen MR) is 93.6 cm³/mol. The number of fused-ring (bicyclic) bond motifs is 1. The molecule has 3 aromatic heterocycles. The fourth-order valence-corrected chi connectivity index (χ4v) is 4.53. The standard InChI is InChI=1S/C15H17N5O3S2/c1-10(14-18-17-12-6-3-4-8-20(12)14)16-15(21)11(2)19-25(22,23)13-7-5-9-24-13/h3-11,19H,1-2H3,(H,16,21). The van der Waals surface area contributed by atoms with Crippen molar-refractivity contribution in [1.82, 2.24) is 24.6 Å². The summed E-state index contributed by atoms with van der Waals surface area (Å²) in [6.07, 6.45) is 1.80. The molecular formula is C15H17N5O3S2. The third-order valence-corrected chi connectivity index (χ3v) is 6.51. The first kappa shape index (κ1) is 17.5. The zero-order valence-corrected chi connectivity index (χ0v) is 15.2. The summed E-state index contributed by atoms with van der Waals surface area (Å²) < 4.78 is 28.7. The van der Waals surface area contributed by atoms with E-state index in [1.54, 1.807) is 29.0 Å². The Bertz CT molecular complexity index is 982. The summed E-state index contributed by atoms with van der Waals surface area (Å²) in [6.45, 7) is 3.26. The van der Waals surface area contributed by atoms with Crippen LogP contribution in [0.1, 0.15) is 25.7 Å². The maximum atomic E-state index is 12.3. The van der Waals surface area contributed by atoms with Gasteiger partial charge in [-0.2, -0.15) is 4.72 Å². The van der Waals surface area contributed by atoms with Crippen molar-refractivity contribution in [3.05, 3.63) is 47.7 Å². The zero-order valence-electron chi connectivity index (χ0n) is 13.6. The van der Waals surface area contributed by atoms with Gasteiger partial charge in [0, 0.05) is 6.20 Å². The molecule has 0 spiro atoms. The van der Waals surface area contributed by atoms with E-state index < -0.39 is 28.0 Å². The number of nitrogens with zero attached hydrogens (tertiary/aromatic N) is 3. The highest BCUT2D eigenvalue weighted by atomic mass is 32.2. The van der Waals surface area contributed by atoms with E-state index in [1.807, 2.05) is 18.2 Å². The normalized spacial score (nSPS) is 14.3. The van der Waals surface area contributed by atoms with Crippen LogP contribution in [-0.2, 0) is 14.8 Å². The summed E-state index contributed by atoms with van der Waals surface area (Å²) in [6, 6.07) is 7.27. The second-order valence-corrected chi connectivity index (χ2v) is 8.38. The molecule has 8 nitrogen and oxygen atoms in total. The van der Waals surface area contributed by atoms with Crippen molar-refractivity contribution in [3.8, 4) is 0 Å². The molecule has 1 amide bonds. The molecule has 3 heterocycles. The van der Waals surface area contributed by atoms with Gasteiger partial charge in [0.2, 0.25) is 5.91 Å². The van der Waals surface area contributed by atoms with E-state index in [1.165, 1.54) is 13.0 Å². The Morgan fingerprint density at radius 1 is 1.20 bits per heavy atom. The lowest BCUT2D eigenvalue weighted by Gasteiger charge is -2.17. The van der Waals surface area contributed by atoms with Crippen molar-refractivity contribution in [2.24, 2.45) is 0 Å². The lowest BCUT2D eigenvalue weighted by Crippen LogP contribution is -2.45. The van der Waals surface area contributed by atoms with Crippen LogP contribution < -0.4 is 10.0 Å². The monoisotopic (exact) mass is 379 g/mol. The van der Waals surface area contributed by atoms with E-state index in [9.17, 15) is 13.2 Å². The minimum absolute atomic E-state index is 0.170. The van der Waals surface area contributed by atoms with Gasteiger partial charge in [-0.15, -0.1) is 21.5 Å². The van der Waals surface area contributed by atoms with Gasteiger partial charge in [-0.25, -0.2) is 8.42 Å². The smallest absolute Gasteiger partial charge is 0.250 e. The summed E-state index contributed by atoms with van der Waals surface area (Å²) in [5.74, 6) is 0.123. The molecule has 25 heavy (non-hydrogen) atoms. The number of thiophene rings is 1. The van der Waals surface area contributed by atoms with Crippen molar-refractivity contribution in [2.75, 3.05) is 0 Å². The highest BCUT2D eigenvalue weighted by Gasteiger charge is 2.25. The first-order valence-electron chi connectivity index (χ1n) is 7.54. The maximum absolute atomic E-state index is 12.3. The van der Waals surface area contributed by atoms with Crippen LogP contribution in [0.15, 0.2) is 46.1 Å². The SMILES string of the molecule is CC(NS(=O)(=O)c1cccs1)C(=O)NC(C)c1nnc2ccccn12. The molecule has 0 radical (unpaired) electrons. The molecule has 0 saturated carbocycles. The van der Waals surface area contributed by atoms with Gasteiger partial charge in [0.1, 0.15) is 4.21 Å². The Hall–Kier alpha value is -2.30. The Balaban J connectivity index is 1.69. The first-order chi connectivity index (χ1) is 11.9. The first-order valence-corrected chi connectivity index (χ1v) is 9.90. The Morgan fingerprint density at radius 2 is 2.00 bits per heavy atom. The molecule has 0 aliphatic carbocycles. The summed E-state index contributed by atoms with van der Waals surface area (Å²) in [7, 11) is -3.71. The highest BCUT2D eigenvalue weighted by molar-refractivity contribution is 7.91. The predicted octanol–water partition coefficient (Wildman–Crippen LogP) is 1.34. The number of sulfonamides is 1. The molecule has 2 atom stereocenters. The summed E-state index contributed by atoms with van der Waals surface area (Å²) in [5, 5.41) is 12.5. The van der Waals surface area contributed by atoms with E-state index >= 15 is 0 Å². The lowest BCUT2D eigenvalue weighted by atomic mass is 10.2. The number of nitrogens with one attached hydrogen (secondary N) is 2. The summed E-state index contributed by atoms with van der Waals surface area (Å²) in [5.41, 5.74) is 0.671. The Labute approximate surface area is 149 Å². The summed E-state index contributed by atoms with van der Waals surface area (Å²) in [4.78, 5) is 12.3. The molecule has 0 aromatic carbocycles. The van der Waals surface area contributed by atoms with Gasteiger partial charge in [-0.05, 0) is 37.4 Å². The van der Waals surface area contributed by atoms with Gasteiger partial charge in [0.15, 0.2) is 11.5 Å². The maximum Gasteiger partial charge on any atom is 0.250 e. The van der Waals surface area contributed by atoms with Crippen LogP contribution in [0.4, 0.5) is 0 Å². The minimum atomic E-state index is -3.71. The molecule has 2 unspecified atom stereocenters. The van der Waals surface area contributed by atoms with Gasteiger partial charge in [0.25, 0.3) is 10.0 Å². The van der Waals surface area contributed by atoms with Crippen LogP contribution in [0, 0.1) is 0 Å². The summed E-state index contributed by atoms with van der Waals surface area (Å²) >= 11 is 1.09. The molecule has 10 heteroatoms. The molecule has 2 N–H and O–H groups in total. The fourth-order valence-electron chi connectivity index (χ4n) is 2.32. The van der Waals surface area contributed by atoms with E-state index in [0.29, 0.717) is 11.5 Å². The topological polar surface area (TPSA) is 105 Å². The molecule has 0 aliphatic rings. The third-order valence-electron chi connectivity index (χ3n) is 3.57. The third kappa shape index (κ3) is 3.70. The van der Waals surface area contributed by atoms with E-state index in [2.05, 4.69) is 20.2 Å². The second kappa shape index (κ2) is 6.90. The van der Waals surface area contributed by atoms with Crippen molar-refractivity contribution < 1.29 is 13.2 Å². The Kier molecular flexibility index (Phi) is 4.84. The van der Waals surface area contributed by atoms with Gasteiger partial charge < -0.3 is 5.32 Å². The average molecular weight is 379 g/mol. The molecule has 3 rings (SSSR count). The van der Waals surface area contributed by atoms with E-state index in [-0.39, 0.29) is 4.21 Å². The number of hydrogen-bond acceptors (Lipinski definition) is 6. The fraction of sp³-hybridized carbons (Fsp3) is 0.267. The number of carbonyl (C=O) groups is 1. The number of carbonyl (C=O) groups excluding carboxylic acids is 1. The van der Waals surface area contributed by atoms with Crippen LogP contribution in [0.25, 0.3) is 5.65 Å².